The van der Waals surface area contributed by atoms with Gasteiger partial charge in [-0.3, -0.25) is 4.79 Å². The van der Waals surface area contributed by atoms with Gasteiger partial charge in [-0.1, -0.05) is 6.07 Å². The molecule has 1 aliphatic heterocycles. The van der Waals surface area contributed by atoms with Crippen molar-refractivity contribution in [3.8, 4) is 6.07 Å². The van der Waals surface area contributed by atoms with Crippen LogP contribution < -0.4 is 10.6 Å². The second kappa shape index (κ2) is 5.05. The first-order valence-corrected chi connectivity index (χ1v) is 5.86. The largest absolute Gasteiger partial charge is 0.370 e. The SMILES string of the molecule is N#Cc1c(F)cccc1N1CCC(C(N)=O)CC1. The van der Waals surface area contributed by atoms with E-state index in [-0.39, 0.29) is 17.4 Å². The number of piperidine rings is 1. The number of anilines is 1. The Balaban J connectivity index is 2.18. The van der Waals surface area contributed by atoms with E-state index in [1.54, 1.807) is 12.1 Å². The molecule has 1 heterocycles. The van der Waals surface area contributed by atoms with Gasteiger partial charge in [0.15, 0.2) is 0 Å². The lowest BCUT2D eigenvalue weighted by atomic mass is 9.95. The number of nitrogens with two attached hydrogens (primary N) is 1. The summed E-state index contributed by atoms with van der Waals surface area (Å²) in [5.74, 6) is -0.901. The number of primary amides is 1. The molecule has 94 valence electrons. The van der Waals surface area contributed by atoms with Crippen molar-refractivity contribution in [1.82, 2.24) is 0 Å². The zero-order valence-electron chi connectivity index (χ0n) is 9.90. The number of carbonyl (C=O) groups excluding carboxylic acids is 1. The van der Waals surface area contributed by atoms with Crippen molar-refractivity contribution in [1.29, 1.82) is 5.26 Å². The fraction of sp³-hybridized carbons (Fsp3) is 0.385. The van der Waals surface area contributed by atoms with Crippen LogP contribution in [0, 0.1) is 23.1 Å². The van der Waals surface area contributed by atoms with Crippen LogP contribution in [0.5, 0.6) is 0 Å². The minimum Gasteiger partial charge on any atom is -0.370 e. The normalized spacial score (nSPS) is 16.3. The third kappa shape index (κ3) is 2.28. The van der Waals surface area contributed by atoms with Crippen LogP contribution in [0.15, 0.2) is 18.2 Å². The fourth-order valence-corrected chi connectivity index (χ4v) is 2.29. The van der Waals surface area contributed by atoms with Crippen LogP contribution in [-0.4, -0.2) is 19.0 Å². The van der Waals surface area contributed by atoms with Gasteiger partial charge in [-0.2, -0.15) is 5.26 Å². The van der Waals surface area contributed by atoms with Crippen LogP contribution in [0.4, 0.5) is 10.1 Å². The highest BCUT2D eigenvalue weighted by Gasteiger charge is 2.25. The first kappa shape index (κ1) is 12.4. The number of amides is 1. The molecular formula is C13H14FN3O. The topological polar surface area (TPSA) is 70.1 Å². The monoisotopic (exact) mass is 247 g/mol. The number of halogens is 1. The summed E-state index contributed by atoms with van der Waals surface area (Å²) in [5, 5.41) is 8.98. The third-order valence-corrected chi connectivity index (χ3v) is 3.34. The Labute approximate surface area is 105 Å². The van der Waals surface area contributed by atoms with Crippen molar-refractivity contribution in [2.24, 2.45) is 11.7 Å². The minimum absolute atomic E-state index is 0.0648. The van der Waals surface area contributed by atoms with Gasteiger partial charge in [-0.15, -0.1) is 0 Å². The first-order valence-electron chi connectivity index (χ1n) is 5.86. The third-order valence-electron chi connectivity index (χ3n) is 3.34. The maximum Gasteiger partial charge on any atom is 0.220 e. The average molecular weight is 247 g/mol. The second-order valence-corrected chi connectivity index (χ2v) is 4.41. The summed E-state index contributed by atoms with van der Waals surface area (Å²) in [4.78, 5) is 13.0. The number of nitriles is 1. The number of nitrogens with zero attached hydrogens (tertiary/aromatic N) is 2. The Morgan fingerprint density at radius 1 is 1.44 bits per heavy atom. The van der Waals surface area contributed by atoms with E-state index in [1.165, 1.54) is 6.07 Å². The molecule has 1 aromatic carbocycles. The molecule has 5 heteroatoms. The van der Waals surface area contributed by atoms with Crippen LogP contribution in [0.2, 0.25) is 0 Å². The Morgan fingerprint density at radius 3 is 2.67 bits per heavy atom. The standard InChI is InChI=1S/C13H14FN3O/c14-11-2-1-3-12(10(11)8-15)17-6-4-9(5-7-17)13(16)18/h1-3,9H,4-7H2,(H2,16,18). The maximum absolute atomic E-state index is 13.5. The van der Waals surface area contributed by atoms with Gasteiger partial charge >= 0.3 is 0 Å². The molecule has 1 saturated heterocycles. The van der Waals surface area contributed by atoms with E-state index < -0.39 is 5.82 Å². The molecule has 0 radical (unpaired) electrons. The van der Waals surface area contributed by atoms with Gasteiger partial charge in [0.2, 0.25) is 5.91 Å². The lowest BCUT2D eigenvalue weighted by molar-refractivity contribution is -0.122. The Hall–Kier alpha value is -2.09. The van der Waals surface area contributed by atoms with Crippen molar-refractivity contribution in [3.63, 3.8) is 0 Å². The molecule has 1 fully saturated rings. The number of carbonyl (C=O) groups is 1. The minimum atomic E-state index is -0.507. The van der Waals surface area contributed by atoms with Gasteiger partial charge in [0.1, 0.15) is 17.4 Å². The number of rotatable bonds is 2. The molecule has 1 amide bonds. The smallest absolute Gasteiger partial charge is 0.220 e. The van der Waals surface area contributed by atoms with E-state index in [9.17, 15) is 9.18 Å². The molecule has 0 aromatic heterocycles. The molecule has 0 spiro atoms. The first-order chi connectivity index (χ1) is 8.63. The van der Waals surface area contributed by atoms with Crippen LogP contribution >= 0.6 is 0 Å². The van der Waals surface area contributed by atoms with Crippen LogP contribution in [0.25, 0.3) is 0 Å². The highest BCUT2D eigenvalue weighted by atomic mass is 19.1. The summed E-state index contributed by atoms with van der Waals surface area (Å²) in [5.41, 5.74) is 5.92. The van der Waals surface area contributed by atoms with Gasteiger partial charge in [0, 0.05) is 19.0 Å². The Kier molecular flexibility index (Phi) is 3.47. The fourth-order valence-electron chi connectivity index (χ4n) is 2.29. The van der Waals surface area contributed by atoms with Crippen molar-refractivity contribution in [3.05, 3.63) is 29.6 Å². The highest BCUT2D eigenvalue weighted by molar-refractivity contribution is 5.77. The van der Waals surface area contributed by atoms with Gasteiger partial charge in [0.25, 0.3) is 0 Å². The van der Waals surface area contributed by atoms with Gasteiger partial charge in [-0.25, -0.2) is 4.39 Å². The quantitative estimate of drug-likeness (QED) is 0.858. The zero-order valence-corrected chi connectivity index (χ0v) is 9.90. The molecule has 1 aromatic rings. The summed E-state index contributed by atoms with van der Waals surface area (Å²) in [6, 6.07) is 6.48. The lowest BCUT2D eigenvalue weighted by Gasteiger charge is -2.32. The van der Waals surface area contributed by atoms with Crippen molar-refractivity contribution < 1.29 is 9.18 Å². The van der Waals surface area contributed by atoms with E-state index in [4.69, 9.17) is 11.0 Å². The van der Waals surface area contributed by atoms with E-state index in [0.717, 1.165) is 0 Å². The molecule has 4 nitrogen and oxygen atoms in total. The highest BCUT2D eigenvalue weighted by Crippen LogP contribution is 2.27. The summed E-state index contributed by atoms with van der Waals surface area (Å²) < 4.78 is 13.5. The van der Waals surface area contributed by atoms with E-state index in [0.29, 0.717) is 31.6 Å². The predicted molar refractivity (Wildman–Crippen MR) is 65.2 cm³/mol. The van der Waals surface area contributed by atoms with Crippen molar-refractivity contribution in [2.75, 3.05) is 18.0 Å². The predicted octanol–water partition coefficient (Wildman–Crippen LogP) is 1.40. The van der Waals surface area contributed by atoms with E-state index in [1.807, 2.05) is 11.0 Å². The molecule has 0 unspecified atom stereocenters. The molecule has 1 aliphatic rings. The number of hydrogen-bond donors (Lipinski definition) is 1. The molecule has 2 N–H and O–H groups in total. The average Bonchev–Trinajstić information content (AvgIpc) is 2.38. The molecule has 18 heavy (non-hydrogen) atoms. The van der Waals surface area contributed by atoms with Crippen LogP contribution in [0.1, 0.15) is 18.4 Å². The maximum atomic E-state index is 13.5. The second-order valence-electron chi connectivity index (χ2n) is 4.41. The summed E-state index contributed by atoms with van der Waals surface area (Å²) in [7, 11) is 0. The molecule has 0 bridgehead atoms. The lowest BCUT2D eigenvalue weighted by Crippen LogP contribution is -2.38. The number of benzene rings is 1. The van der Waals surface area contributed by atoms with Crippen LogP contribution in [0.3, 0.4) is 0 Å². The van der Waals surface area contributed by atoms with Gasteiger partial charge in [-0.05, 0) is 25.0 Å². The molecular weight excluding hydrogens is 233 g/mol. The summed E-state index contributed by atoms with van der Waals surface area (Å²) in [6.07, 6.45) is 1.30. The van der Waals surface area contributed by atoms with Gasteiger partial charge < -0.3 is 10.6 Å². The number of hydrogen-bond acceptors (Lipinski definition) is 3. The molecule has 0 atom stereocenters. The molecule has 0 aliphatic carbocycles. The molecule has 0 saturated carbocycles. The Morgan fingerprint density at radius 2 is 2.11 bits per heavy atom. The zero-order chi connectivity index (χ0) is 13.1. The van der Waals surface area contributed by atoms with E-state index in [2.05, 4.69) is 0 Å². The van der Waals surface area contributed by atoms with Crippen molar-refractivity contribution in [2.45, 2.75) is 12.8 Å². The van der Waals surface area contributed by atoms with Crippen LogP contribution in [-0.2, 0) is 4.79 Å². The van der Waals surface area contributed by atoms with E-state index >= 15 is 0 Å². The summed E-state index contributed by atoms with van der Waals surface area (Å²) in [6.45, 7) is 1.23. The summed E-state index contributed by atoms with van der Waals surface area (Å²) >= 11 is 0. The molecule has 2 rings (SSSR count). The van der Waals surface area contributed by atoms with Crippen molar-refractivity contribution >= 4 is 11.6 Å². The van der Waals surface area contributed by atoms with Gasteiger partial charge in [0.05, 0.1) is 5.69 Å². The Bertz CT molecular complexity index is 501.